The number of ketones is 1. The fourth-order valence-corrected chi connectivity index (χ4v) is 7.34. The molecule has 0 unspecified atom stereocenters. The largest absolute Gasteiger partial charge is 0.495 e. The molecule has 2 heterocycles. The monoisotopic (exact) mass is 702 g/mol. The Morgan fingerprint density at radius 3 is 2.31 bits per heavy atom. The van der Waals surface area contributed by atoms with Gasteiger partial charge in [-0.3, -0.25) is 14.5 Å². The molecule has 6 rings (SSSR count). The third kappa shape index (κ3) is 8.60. The molecule has 1 aromatic heterocycles. The van der Waals surface area contributed by atoms with E-state index in [9.17, 15) is 9.59 Å². The van der Waals surface area contributed by atoms with Crippen molar-refractivity contribution >= 4 is 34.0 Å². The summed E-state index contributed by atoms with van der Waals surface area (Å²) in [5.41, 5.74) is 9.02. The molecule has 0 amide bonds. The van der Waals surface area contributed by atoms with Crippen molar-refractivity contribution < 1.29 is 24.2 Å². The Balaban J connectivity index is 1.16. The van der Waals surface area contributed by atoms with Crippen LogP contribution in [0.3, 0.4) is 0 Å². The molecule has 9 nitrogen and oxygen atoms in total. The van der Waals surface area contributed by atoms with Crippen molar-refractivity contribution in [1.29, 1.82) is 0 Å². The van der Waals surface area contributed by atoms with Crippen molar-refractivity contribution in [3.05, 3.63) is 118 Å². The standard InChI is InChI=1S/C43H50N4O5/c1-30-25-31(2)35(32(3)26-30)28-44-37-17-16-33(43(50)36-29-47(19-9-15-42(48)49)38-12-6-5-11-34(36)38)27-41(37)52-24-10-18-45-20-22-46(23-21-45)39-13-7-8-14-40(39)51-4/h5-8,11-14,16-17,25-27,29,44H,9-10,15,18-24,28H2,1-4H3,(H,48,49). The predicted octanol–water partition coefficient (Wildman–Crippen LogP) is 7.87. The minimum absolute atomic E-state index is 0.0751. The SMILES string of the molecule is COc1ccccc1N1CCN(CCCOc2cc(C(=O)c3cn(CCCC(=O)O)c4ccccc34)ccc2NCc2c(C)cc(C)cc2C)CC1. The highest BCUT2D eigenvalue weighted by Gasteiger charge is 2.21. The number of ether oxygens (including phenoxy) is 2. The number of aromatic nitrogens is 1. The topological polar surface area (TPSA) is 96.3 Å². The number of aryl methyl sites for hydroxylation is 4. The summed E-state index contributed by atoms with van der Waals surface area (Å²) in [5, 5.41) is 13.6. The second-order valence-electron chi connectivity index (χ2n) is 13.7. The number of carboxylic acid groups (broad SMARTS) is 1. The summed E-state index contributed by atoms with van der Waals surface area (Å²) in [5.74, 6) is 0.638. The van der Waals surface area contributed by atoms with E-state index in [0.29, 0.717) is 43.0 Å². The molecule has 1 aliphatic rings. The number of benzene rings is 4. The lowest BCUT2D eigenvalue weighted by atomic mass is 9.99. The Morgan fingerprint density at radius 2 is 1.56 bits per heavy atom. The van der Waals surface area contributed by atoms with Crippen LogP contribution >= 0.6 is 0 Å². The van der Waals surface area contributed by atoms with Gasteiger partial charge >= 0.3 is 5.97 Å². The molecule has 0 atom stereocenters. The van der Waals surface area contributed by atoms with Crippen LogP contribution in [-0.2, 0) is 17.9 Å². The van der Waals surface area contributed by atoms with Gasteiger partial charge < -0.3 is 29.4 Å². The van der Waals surface area contributed by atoms with E-state index in [1.165, 1.54) is 22.3 Å². The number of nitrogens with zero attached hydrogens (tertiary/aromatic N) is 3. The number of hydrogen-bond acceptors (Lipinski definition) is 7. The van der Waals surface area contributed by atoms with Crippen LogP contribution in [0.2, 0.25) is 0 Å². The molecule has 0 saturated carbocycles. The first-order chi connectivity index (χ1) is 25.2. The van der Waals surface area contributed by atoms with E-state index in [0.717, 1.165) is 67.2 Å². The number of anilines is 2. The first-order valence-corrected chi connectivity index (χ1v) is 18.2. The number of carboxylic acids is 1. The average molecular weight is 703 g/mol. The molecule has 1 fully saturated rings. The van der Waals surface area contributed by atoms with E-state index in [2.05, 4.69) is 60.2 Å². The highest BCUT2D eigenvalue weighted by atomic mass is 16.5. The summed E-state index contributed by atoms with van der Waals surface area (Å²) in [4.78, 5) is 30.1. The van der Waals surface area contributed by atoms with Crippen LogP contribution in [0.25, 0.3) is 10.9 Å². The Hall–Kier alpha value is -5.28. The molecule has 0 spiro atoms. The normalized spacial score (nSPS) is 13.3. The fourth-order valence-electron chi connectivity index (χ4n) is 7.34. The predicted molar refractivity (Wildman–Crippen MR) is 208 cm³/mol. The Kier molecular flexibility index (Phi) is 11.8. The van der Waals surface area contributed by atoms with Gasteiger partial charge in [0.05, 0.1) is 25.1 Å². The van der Waals surface area contributed by atoms with Gasteiger partial charge in [-0.05, 0) is 86.7 Å². The zero-order valence-corrected chi connectivity index (χ0v) is 30.8. The van der Waals surface area contributed by atoms with Gasteiger partial charge in [-0.2, -0.15) is 0 Å². The molecule has 9 heteroatoms. The number of nitrogens with one attached hydrogen (secondary N) is 1. The van der Waals surface area contributed by atoms with Crippen molar-refractivity contribution in [2.45, 2.75) is 53.1 Å². The Bertz CT molecular complexity index is 2000. The fraction of sp³-hybridized carbons (Fsp3) is 0.349. The van der Waals surface area contributed by atoms with Crippen LogP contribution in [0.15, 0.2) is 85.1 Å². The van der Waals surface area contributed by atoms with E-state index in [4.69, 9.17) is 14.6 Å². The van der Waals surface area contributed by atoms with E-state index in [-0.39, 0.29) is 12.2 Å². The number of methoxy groups -OCH3 is 1. The van der Waals surface area contributed by atoms with Crippen molar-refractivity contribution in [3.8, 4) is 11.5 Å². The van der Waals surface area contributed by atoms with E-state index < -0.39 is 5.97 Å². The van der Waals surface area contributed by atoms with Crippen LogP contribution in [0.5, 0.6) is 11.5 Å². The molecular formula is C43H50N4O5. The highest BCUT2D eigenvalue weighted by Crippen LogP contribution is 2.32. The summed E-state index contributed by atoms with van der Waals surface area (Å²) >= 11 is 0. The summed E-state index contributed by atoms with van der Waals surface area (Å²) in [6, 6.07) is 26.1. The van der Waals surface area contributed by atoms with Crippen molar-refractivity contribution in [1.82, 2.24) is 9.47 Å². The molecule has 0 radical (unpaired) electrons. The maximum absolute atomic E-state index is 14.1. The van der Waals surface area contributed by atoms with Gasteiger partial charge in [-0.1, -0.05) is 48.0 Å². The van der Waals surface area contributed by atoms with Gasteiger partial charge in [0, 0.05) is 80.5 Å². The molecule has 1 aliphatic heterocycles. The van der Waals surface area contributed by atoms with Gasteiger partial charge in [-0.15, -0.1) is 0 Å². The molecule has 1 saturated heterocycles. The lowest BCUT2D eigenvalue weighted by Gasteiger charge is -2.36. The van der Waals surface area contributed by atoms with Gasteiger partial charge in [-0.25, -0.2) is 0 Å². The second kappa shape index (κ2) is 16.8. The number of fused-ring (bicyclic) bond motifs is 1. The van der Waals surface area contributed by atoms with Crippen molar-refractivity contribution in [3.63, 3.8) is 0 Å². The van der Waals surface area contributed by atoms with E-state index >= 15 is 0 Å². The molecular weight excluding hydrogens is 652 g/mol. The van der Waals surface area contributed by atoms with Gasteiger partial charge in [0.1, 0.15) is 11.5 Å². The lowest BCUT2D eigenvalue weighted by molar-refractivity contribution is -0.137. The molecule has 4 aromatic carbocycles. The maximum Gasteiger partial charge on any atom is 0.303 e. The van der Waals surface area contributed by atoms with Crippen LogP contribution < -0.4 is 19.7 Å². The number of para-hydroxylation sites is 3. The summed E-state index contributed by atoms with van der Waals surface area (Å²) in [7, 11) is 1.72. The quantitative estimate of drug-likeness (QED) is 0.0793. The van der Waals surface area contributed by atoms with Crippen LogP contribution in [0.1, 0.15) is 57.4 Å². The first-order valence-electron chi connectivity index (χ1n) is 18.2. The van der Waals surface area contributed by atoms with Crippen molar-refractivity contribution in [2.75, 3.05) is 56.7 Å². The summed E-state index contributed by atoms with van der Waals surface area (Å²) in [6.07, 6.45) is 3.27. The molecule has 5 aromatic rings. The number of hydrogen-bond donors (Lipinski definition) is 2. The zero-order chi connectivity index (χ0) is 36.6. The number of carbonyl (C=O) groups is 2. The van der Waals surface area contributed by atoms with Crippen molar-refractivity contribution in [2.24, 2.45) is 0 Å². The minimum atomic E-state index is -0.826. The molecule has 272 valence electrons. The number of aliphatic carboxylic acids is 1. The number of piperazine rings is 1. The number of rotatable bonds is 16. The van der Waals surface area contributed by atoms with Crippen LogP contribution in [-0.4, -0.2) is 72.8 Å². The Labute approximate surface area is 306 Å². The van der Waals surface area contributed by atoms with Gasteiger partial charge in [0.2, 0.25) is 0 Å². The number of carbonyl (C=O) groups excluding carboxylic acids is 1. The van der Waals surface area contributed by atoms with Gasteiger partial charge in [0.15, 0.2) is 5.78 Å². The van der Waals surface area contributed by atoms with Gasteiger partial charge in [0.25, 0.3) is 0 Å². The minimum Gasteiger partial charge on any atom is -0.495 e. The lowest BCUT2D eigenvalue weighted by Crippen LogP contribution is -2.46. The second-order valence-corrected chi connectivity index (χ2v) is 13.7. The molecule has 52 heavy (non-hydrogen) atoms. The highest BCUT2D eigenvalue weighted by molar-refractivity contribution is 6.16. The molecule has 0 bridgehead atoms. The summed E-state index contributed by atoms with van der Waals surface area (Å²) in [6.45, 7) is 12.8. The van der Waals surface area contributed by atoms with Crippen LogP contribution in [0, 0.1) is 20.8 Å². The average Bonchev–Trinajstić information content (AvgIpc) is 3.51. The third-order valence-corrected chi connectivity index (χ3v) is 10.0. The molecule has 0 aliphatic carbocycles. The van der Waals surface area contributed by atoms with Crippen LogP contribution in [0.4, 0.5) is 11.4 Å². The smallest absolute Gasteiger partial charge is 0.303 e. The first kappa shape index (κ1) is 36.5. The van der Waals surface area contributed by atoms with E-state index in [1.807, 2.05) is 65.4 Å². The third-order valence-electron chi connectivity index (χ3n) is 10.0. The molecule has 2 N–H and O–H groups in total. The summed E-state index contributed by atoms with van der Waals surface area (Å²) < 4.78 is 14.1. The Morgan fingerprint density at radius 1 is 0.827 bits per heavy atom. The van der Waals surface area contributed by atoms with E-state index in [1.54, 1.807) is 7.11 Å². The zero-order valence-electron chi connectivity index (χ0n) is 30.8. The maximum atomic E-state index is 14.1.